The summed E-state index contributed by atoms with van der Waals surface area (Å²) in [6, 6.07) is 7.25. The zero-order chi connectivity index (χ0) is 12.3. The van der Waals surface area contributed by atoms with E-state index >= 15 is 0 Å². The van der Waals surface area contributed by atoms with Gasteiger partial charge in [-0.05, 0) is 37.0 Å². The third kappa shape index (κ3) is 2.70. The molecule has 0 unspecified atom stereocenters. The molecule has 17 heavy (non-hydrogen) atoms. The highest BCUT2D eigenvalue weighted by Gasteiger charge is 2.22. The summed E-state index contributed by atoms with van der Waals surface area (Å²) < 4.78 is 0. The average Bonchev–Trinajstić information content (AvgIpc) is 2.35. The van der Waals surface area contributed by atoms with Gasteiger partial charge in [0.05, 0.1) is 0 Å². The SMILES string of the molecule is CC[C@H](c1c(C)cccc1C)N1CCNCC1. The summed E-state index contributed by atoms with van der Waals surface area (Å²) in [5, 5.41) is 3.43. The van der Waals surface area contributed by atoms with E-state index in [4.69, 9.17) is 0 Å². The molecule has 94 valence electrons. The number of nitrogens with one attached hydrogen (secondary N) is 1. The first-order chi connectivity index (χ1) is 8.24. The Morgan fingerprint density at radius 2 is 1.76 bits per heavy atom. The van der Waals surface area contributed by atoms with Crippen LogP contribution in [0.15, 0.2) is 18.2 Å². The lowest BCUT2D eigenvalue weighted by molar-refractivity contribution is 0.168. The summed E-state index contributed by atoms with van der Waals surface area (Å²) >= 11 is 0. The average molecular weight is 232 g/mol. The van der Waals surface area contributed by atoms with Crippen LogP contribution >= 0.6 is 0 Å². The molecule has 1 aromatic rings. The van der Waals surface area contributed by atoms with Crippen LogP contribution in [0.1, 0.15) is 36.1 Å². The highest BCUT2D eigenvalue weighted by atomic mass is 15.2. The molecule has 0 bridgehead atoms. The number of rotatable bonds is 3. The van der Waals surface area contributed by atoms with Crippen LogP contribution in [-0.4, -0.2) is 31.1 Å². The Morgan fingerprint density at radius 3 is 2.29 bits per heavy atom. The predicted octanol–water partition coefficient (Wildman–Crippen LogP) is 2.66. The van der Waals surface area contributed by atoms with Crippen molar-refractivity contribution in [2.24, 2.45) is 0 Å². The fourth-order valence-corrected chi connectivity index (χ4v) is 2.99. The number of benzene rings is 1. The largest absolute Gasteiger partial charge is 0.314 e. The maximum absolute atomic E-state index is 3.43. The molecule has 2 nitrogen and oxygen atoms in total. The van der Waals surface area contributed by atoms with Crippen LogP contribution in [0.5, 0.6) is 0 Å². The van der Waals surface area contributed by atoms with Crippen molar-refractivity contribution in [1.29, 1.82) is 0 Å². The van der Waals surface area contributed by atoms with E-state index in [0.29, 0.717) is 6.04 Å². The number of nitrogens with zero attached hydrogens (tertiary/aromatic N) is 1. The molecule has 1 heterocycles. The van der Waals surface area contributed by atoms with Crippen molar-refractivity contribution in [3.63, 3.8) is 0 Å². The Kier molecular flexibility index (Phi) is 4.19. The molecule has 1 fully saturated rings. The smallest absolute Gasteiger partial charge is 0.0351 e. The summed E-state index contributed by atoms with van der Waals surface area (Å²) in [6.45, 7) is 11.4. The van der Waals surface area contributed by atoms with Crippen LogP contribution in [0, 0.1) is 13.8 Å². The lowest BCUT2D eigenvalue weighted by atomic mass is 9.93. The molecular formula is C15H24N2. The molecule has 1 aromatic carbocycles. The highest BCUT2D eigenvalue weighted by molar-refractivity contribution is 5.36. The minimum Gasteiger partial charge on any atom is -0.314 e. The van der Waals surface area contributed by atoms with Crippen molar-refractivity contribution >= 4 is 0 Å². The van der Waals surface area contributed by atoms with Gasteiger partial charge in [0.25, 0.3) is 0 Å². The Labute approximate surface area is 105 Å². The Bertz CT molecular complexity index is 347. The molecule has 1 aliphatic rings. The summed E-state index contributed by atoms with van der Waals surface area (Å²) in [5.74, 6) is 0. The van der Waals surface area contributed by atoms with Crippen molar-refractivity contribution in [3.05, 3.63) is 34.9 Å². The van der Waals surface area contributed by atoms with Gasteiger partial charge in [0.1, 0.15) is 0 Å². The standard InChI is InChI=1S/C15H24N2/c1-4-14(17-10-8-16-9-11-17)15-12(2)6-5-7-13(15)3/h5-7,14,16H,4,8-11H2,1-3H3/t14-/m1/s1. The fraction of sp³-hybridized carbons (Fsp3) is 0.600. The lowest BCUT2D eigenvalue weighted by Crippen LogP contribution is -2.45. The topological polar surface area (TPSA) is 15.3 Å². The zero-order valence-electron chi connectivity index (χ0n) is 11.3. The first-order valence-electron chi connectivity index (χ1n) is 6.75. The van der Waals surface area contributed by atoms with Gasteiger partial charge in [-0.3, -0.25) is 4.90 Å². The molecule has 0 radical (unpaired) electrons. The second-order valence-electron chi connectivity index (χ2n) is 5.02. The van der Waals surface area contributed by atoms with E-state index in [1.165, 1.54) is 30.6 Å². The van der Waals surface area contributed by atoms with Gasteiger partial charge in [0, 0.05) is 32.2 Å². The van der Waals surface area contributed by atoms with Crippen molar-refractivity contribution in [2.75, 3.05) is 26.2 Å². The van der Waals surface area contributed by atoms with E-state index in [1.807, 2.05) is 0 Å². The van der Waals surface area contributed by atoms with Crippen molar-refractivity contribution in [2.45, 2.75) is 33.2 Å². The number of hydrogen-bond donors (Lipinski definition) is 1. The third-order valence-electron chi connectivity index (χ3n) is 3.85. The molecular weight excluding hydrogens is 208 g/mol. The van der Waals surface area contributed by atoms with E-state index in [9.17, 15) is 0 Å². The molecule has 1 N–H and O–H groups in total. The second-order valence-corrected chi connectivity index (χ2v) is 5.02. The van der Waals surface area contributed by atoms with Gasteiger partial charge in [-0.15, -0.1) is 0 Å². The van der Waals surface area contributed by atoms with E-state index in [0.717, 1.165) is 13.1 Å². The van der Waals surface area contributed by atoms with Gasteiger partial charge in [-0.2, -0.15) is 0 Å². The van der Waals surface area contributed by atoms with Crippen LogP contribution in [0.4, 0.5) is 0 Å². The van der Waals surface area contributed by atoms with Crippen LogP contribution in [0.2, 0.25) is 0 Å². The number of piperazine rings is 1. The van der Waals surface area contributed by atoms with Crippen LogP contribution in [0.25, 0.3) is 0 Å². The van der Waals surface area contributed by atoms with Crippen molar-refractivity contribution < 1.29 is 0 Å². The van der Waals surface area contributed by atoms with E-state index in [-0.39, 0.29) is 0 Å². The van der Waals surface area contributed by atoms with Gasteiger partial charge < -0.3 is 5.32 Å². The third-order valence-corrected chi connectivity index (χ3v) is 3.85. The molecule has 2 heteroatoms. The lowest BCUT2D eigenvalue weighted by Gasteiger charge is -2.36. The molecule has 1 saturated heterocycles. The summed E-state index contributed by atoms with van der Waals surface area (Å²) in [6.07, 6.45) is 1.20. The molecule has 0 saturated carbocycles. The summed E-state index contributed by atoms with van der Waals surface area (Å²) in [5.41, 5.74) is 4.43. The quantitative estimate of drug-likeness (QED) is 0.862. The Morgan fingerprint density at radius 1 is 1.18 bits per heavy atom. The van der Waals surface area contributed by atoms with Crippen LogP contribution in [0.3, 0.4) is 0 Å². The Hall–Kier alpha value is -0.860. The number of aryl methyl sites for hydroxylation is 2. The maximum atomic E-state index is 3.43. The molecule has 1 atom stereocenters. The normalized spacial score (nSPS) is 19.2. The van der Waals surface area contributed by atoms with Gasteiger partial charge >= 0.3 is 0 Å². The van der Waals surface area contributed by atoms with Gasteiger partial charge in [0.15, 0.2) is 0 Å². The molecule has 1 aliphatic heterocycles. The predicted molar refractivity (Wildman–Crippen MR) is 73.4 cm³/mol. The minimum absolute atomic E-state index is 0.596. The van der Waals surface area contributed by atoms with Gasteiger partial charge in [-0.25, -0.2) is 0 Å². The second kappa shape index (κ2) is 5.65. The van der Waals surface area contributed by atoms with E-state index < -0.39 is 0 Å². The van der Waals surface area contributed by atoms with Crippen molar-refractivity contribution in [1.82, 2.24) is 10.2 Å². The molecule has 2 rings (SSSR count). The summed E-state index contributed by atoms with van der Waals surface area (Å²) in [7, 11) is 0. The first-order valence-corrected chi connectivity index (χ1v) is 6.75. The monoisotopic (exact) mass is 232 g/mol. The summed E-state index contributed by atoms with van der Waals surface area (Å²) in [4.78, 5) is 2.63. The Balaban J connectivity index is 2.27. The number of hydrogen-bond acceptors (Lipinski definition) is 2. The zero-order valence-corrected chi connectivity index (χ0v) is 11.3. The van der Waals surface area contributed by atoms with Crippen LogP contribution < -0.4 is 5.32 Å². The maximum Gasteiger partial charge on any atom is 0.0351 e. The van der Waals surface area contributed by atoms with Gasteiger partial charge in [-0.1, -0.05) is 25.1 Å². The molecule has 0 spiro atoms. The van der Waals surface area contributed by atoms with Crippen molar-refractivity contribution in [3.8, 4) is 0 Å². The van der Waals surface area contributed by atoms with Gasteiger partial charge in [0.2, 0.25) is 0 Å². The van der Waals surface area contributed by atoms with E-state index in [1.54, 1.807) is 5.56 Å². The van der Waals surface area contributed by atoms with Crippen LogP contribution in [-0.2, 0) is 0 Å². The molecule has 0 amide bonds. The fourth-order valence-electron chi connectivity index (χ4n) is 2.99. The van der Waals surface area contributed by atoms with E-state index in [2.05, 4.69) is 49.2 Å². The molecule has 0 aliphatic carbocycles. The first kappa shape index (κ1) is 12.6. The minimum atomic E-state index is 0.596. The molecule has 0 aromatic heterocycles. The highest BCUT2D eigenvalue weighted by Crippen LogP contribution is 2.29.